The summed E-state index contributed by atoms with van der Waals surface area (Å²) in [5.74, 6) is -0.241. The van der Waals surface area contributed by atoms with Crippen molar-refractivity contribution in [1.29, 1.82) is 0 Å². The first-order valence-electron chi connectivity index (χ1n) is 9.80. The second-order valence-corrected chi connectivity index (χ2v) is 9.87. The van der Waals surface area contributed by atoms with E-state index < -0.39 is 7.92 Å². The number of nitrogens with one attached hydrogen (secondary N) is 1. The third-order valence-corrected chi connectivity index (χ3v) is 7.73. The highest BCUT2D eigenvalue weighted by molar-refractivity contribution is 9.10. The van der Waals surface area contributed by atoms with Gasteiger partial charge in [-0.1, -0.05) is 101 Å². The van der Waals surface area contributed by atoms with Gasteiger partial charge in [-0.05, 0) is 48.1 Å². The lowest BCUT2D eigenvalue weighted by atomic mass is 10.2. The molecule has 3 nitrogen and oxygen atoms in total. The molecular weight excluding hydrogens is 467 g/mol. The van der Waals surface area contributed by atoms with E-state index in [1.807, 2.05) is 42.5 Å². The Hall–Kier alpha value is -3.07. The molecular formula is C26H20BrN2OP. The Kier molecular flexibility index (Phi) is 7.03. The fraction of sp³-hybridized carbons (Fsp3) is 0. The standard InChI is InChI=1S/C26H20BrN2OP/c27-22-17-15-20(16-18-22)26(30)29-28-19-21-9-7-8-14-25(21)31(23-10-3-1-4-11-23)24-12-5-2-6-13-24/h1-19H,(H,29,30)/b28-19+. The average Bonchev–Trinajstić information content (AvgIpc) is 2.82. The van der Waals surface area contributed by atoms with E-state index in [1.165, 1.54) is 15.9 Å². The minimum Gasteiger partial charge on any atom is -0.267 e. The summed E-state index contributed by atoms with van der Waals surface area (Å²) in [5.41, 5.74) is 4.18. The summed E-state index contributed by atoms with van der Waals surface area (Å²) in [6.07, 6.45) is 1.73. The van der Waals surface area contributed by atoms with Crippen LogP contribution in [0.15, 0.2) is 119 Å². The molecule has 1 N–H and O–H groups in total. The highest BCUT2D eigenvalue weighted by atomic mass is 79.9. The van der Waals surface area contributed by atoms with Crippen LogP contribution < -0.4 is 21.3 Å². The normalized spacial score (nSPS) is 11.0. The Morgan fingerprint density at radius 1 is 0.742 bits per heavy atom. The van der Waals surface area contributed by atoms with E-state index in [1.54, 1.807) is 18.3 Å². The molecule has 0 saturated carbocycles. The van der Waals surface area contributed by atoms with Crippen LogP contribution in [-0.4, -0.2) is 12.1 Å². The predicted octanol–water partition coefficient (Wildman–Crippen LogP) is 4.97. The van der Waals surface area contributed by atoms with Crippen LogP contribution in [0.4, 0.5) is 0 Å². The van der Waals surface area contributed by atoms with Crippen molar-refractivity contribution in [2.75, 3.05) is 0 Å². The molecule has 4 aromatic rings. The van der Waals surface area contributed by atoms with Gasteiger partial charge in [0.05, 0.1) is 6.21 Å². The van der Waals surface area contributed by atoms with Gasteiger partial charge >= 0.3 is 0 Å². The number of hydrazone groups is 1. The lowest BCUT2D eigenvalue weighted by Crippen LogP contribution is -2.24. The van der Waals surface area contributed by atoms with Gasteiger partial charge in [0.25, 0.3) is 5.91 Å². The summed E-state index contributed by atoms with van der Waals surface area (Å²) >= 11 is 3.38. The second kappa shape index (κ2) is 10.3. The van der Waals surface area contributed by atoms with Gasteiger partial charge in [-0.25, -0.2) is 5.43 Å². The van der Waals surface area contributed by atoms with E-state index >= 15 is 0 Å². The number of benzene rings is 4. The zero-order chi connectivity index (χ0) is 21.5. The van der Waals surface area contributed by atoms with Gasteiger partial charge in [-0.2, -0.15) is 5.10 Å². The first-order chi connectivity index (χ1) is 15.2. The molecule has 0 aromatic heterocycles. The molecule has 5 heteroatoms. The summed E-state index contributed by atoms with van der Waals surface area (Å²) in [6.45, 7) is 0. The Labute approximate surface area is 191 Å². The van der Waals surface area contributed by atoms with Crippen molar-refractivity contribution < 1.29 is 4.79 Å². The van der Waals surface area contributed by atoms with Crippen molar-refractivity contribution in [3.05, 3.63) is 125 Å². The van der Waals surface area contributed by atoms with Gasteiger partial charge in [0.1, 0.15) is 0 Å². The monoisotopic (exact) mass is 486 g/mol. The number of amides is 1. The Morgan fingerprint density at radius 3 is 1.90 bits per heavy atom. The molecule has 0 fully saturated rings. The van der Waals surface area contributed by atoms with Gasteiger partial charge in [0.15, 0.2) is 0 Å². The zero-order valence-corrected chi connectivity index (χ0v) is 19.1. The fourth-order valence-electron chi connectivity index (χ4n) is 3.21. The molecule has 1 amide bonds. The predicted molar refractivity (Wildman–Crippen MR) is 134 cm³/mol. The van der Waals surface area contributed by atoms with Crippen LogP contribution in [0, 0.1) is 0 Å². The smallest absolute Gasteiger partial charge is 0.267 e. The minimum absolute atomic E-state index is 0.241. The van der Waals surface area contributed by atoms with E-state index in [2.05, 4.69) is 81.1 Å². The van der Waals surface area contributed by atoms with Crippen LogP contribution in [0.3, 0.4) is 0 Å². The highest BCUT2D eigenvalue weighted by Gasteiger charge is 2.18. The first-order valence-corrected chi connectivity index (χ1v) is 11.9. The zero-order valence-electron chi connectivity index (χ0n) is 16.7. The summed E-state index contributed by atoms with van der Waals surface area (Å²) in [5, 5.41) is 7.97. The van der Waals surface area contributed by atoms with Crippen molar-refractivity contribution in [2.45, 2.75) is 0 Å². The third-order valence-electron chi connectivity index (χ3n) is 4.68. The van der Waals surface area contributed by atoms with E-state index in [9.17, 15) is 4.79 Å². The second-order valence-electron chi connectivity index (χ2n) is 6.77. The first kappa shape index (κ1) is 21.2. The molecule has 0 bridgehead atoms. The van der Waals surface area contributed by atoms with Crippen molar-refractivity contribution in [2.24, 2.45) is 5.10 Å². The summed E-state index contributed by atoms with van der Waals surface area (Å²) in [6, 6.07) is 36.4. The van der Waals surface area contributed by atoms with Crippen molar-refractivity contribution in [3.8, 4) is 0 Å². The van der Waals surface area contributed by atoms with Gasteiger partial charge in [-0.15, -0.1) is 0 Å². The lowest BCUT2D eigenvalue weighted by Gasteiger charge is -2.21. The molecule has 0 saturated heterocycles. The number of rotatable bonds is 6. The number of hydrogen-bond donors (Lipinski definition) is 1. The molecule has 4 aromatic carbocycles. The number of hydrogen-bond acceptors (Lipinski definition) is 2. The molecule has 0 heterocycles. The van der Waals surface area contributed by atoms with E-state index in [4.69, 9.17) is 0 Å². The molecule has 0 aliphatic heterocycles. The lowest BCUT2D eigenvalue weighted by molar-refractivity contribution is 0.0955. The Morgan fingerprint density at radius 2 is 1.29 bits per heavy atom. The van der Waals surface area contributed by atoms with Crippen LogP contribution in [0.5, 0.6) is 0 Å². The molecule has 152 valence electrons. The molecule has 0 aliphatic rings. The summed E-state index contributed by atoms with van der Waals surface area (Å²) in [7, 11) is -0.755. The fourth-order valence-corrected chi connectivity index (χ4v) is 5.89. The van der Waals surface area contributed by atoms with Crippen LogP contribution in [0.25, 0.3) is 0 Å². The quantitative estimate of drug-likeness (QED) is 0.233. The Bertz CT molecular complexity index is 1140. The molecule has 0 atom stereocenters. The number of halogens is 1. The Balaban J connectivity index is 1.64. The SMILES string of the molecule is O=C(N/N=C/c1ccccc1P(c1ccccc1)c1ccccc1)c1ccc(Br)cc1. The molecule has 0 spiro atoms. The van der Waals surface area contributed by atoms with Crippen LogP contribution in [-0.2, 0) is 0 Å². The van der Waals surface area contributed by atoms with E-state index in [-0.39, 0.29) is 5.91 Å². The largest absolute Gasteiger partial charge is 0.271 e. The molecule has 31 heavy (non-hydrogen) atoms. The van der Waals surface area contributed by atoms with Gasteiger partial charge in [0.2, 0.25) is 0 Å². The molecule has 0 unspecified atom stereocenters. The third kappa shape index (κ3) is 5.35. The number of carbonyl (C=O) groups excluding carboxylic acids is 1. The van der Waals surface area contributed by atoms with Crippen LogP contribution in [0.1, 0.15) is 15.9 Å². The summed E-state index contributed by atoms with van der Waals surface area (Å²) in [4.78, 5) is 12.4. The topological polar surface area (TPSA) is 41.5 Å². The van der Waals surface area contributed by atoms with Crippen molar-refractivity contribution in [1.82, 2.24) is 5.43 Å². The maximum atomic E-state index is 12.4. The van der Waals surface area contributed by atoms with E-state index in [0.29, 0.717) is 5.56 Å². The highest BCUT2D eigenvalue weighted by Crippen LogP contribution is 2.33. The van der Waals surface area contributed by atoms with Gasteiger partial charge in [-0.3, -0.25) is 4.79 Å². The van der Waals surface area contributed by atoms with Crippen LogP contribution in [0.2, 0.25) is 0 Å². The van der Waals surface area contributed by atoms with Crippen LogP contribution >= 0.6 is 23.9 Å². The maximum Gasteiger partial charge on any atom is 0.271 e. The van der Waals surface area contributed by atoms with Gasteiger partial charge < -0.3 is 0 Å². The average molecular weight is 487 g/mol. The minimum atomic E-state index is -0.755. The van der Waals surface area contributed by atoms with Gasteiger partial charge in [0, 0.05) is 15.6 Å². The number of nitrogens with zero attached hydrogens (tertiary/aromatic N) is 1. The molecule has 0 radical (unpaired) electrons. The van der Waals surface area contributed by atoms with Crippen molar-refractivity contribution >= 4 is 51.9 Å². The van der Waals surface area contributed by atoms with Crippen molar-refractivity contribution in [3.63, 3.8) is 0 Å². The molecule has 0 aliphatic carbocycles. The molecule has 4 rings (SSSR count). The number of carbonyl (C=O) groups is 1. The maximum absolute atomic E-state index is 12.4. The summed E-state index contributed by atoms with van der Waals surface area (Å²) < 4.78 is 0.927. The van der Waals surface area contributed by atoms with E-state index in [0.717, 1.165) is 10.0 Å².